The molecule has 0 aromatic heterocycles. The first kappa shape index (κ1) is 11.5. The van der Waals surface area contributed by atoms with Gasteiger partial charge in [-0.25, -0.2) is 0 Å². The third kappa shape index (κ3) is 4.09. The van der Waals surface area contributed by atoms with Gasteiger partial charge in [-0.05, 0) is 31.7 Å². The Morgan fingerprint density at radius 3 is 2.64 bits per heavy atom. The van der Waals surface area contributed by atoms with E-state index in [2.05, 4.69) is 11.8 Å². The van der Waals surface area contributed by atoms with Crippen LogP contribution in [0.3, 0.4) is 0 Å². The zero-order chi connectivity index (χ0) is 10.6. The standard InChI is InChI=1S/C11H21NO2/c1-3-6-12(8-10-4-5-10)7-9(2)11(13)14/h9-10H,3-8H2,1-2H3,(H,13,14). The predicted octanol–water partition coefficient (Wildman–Crippen LogP) is 1.83. The highest BCUT2D eigenvalue weighted by Crippen LogP contribution is 2.29. The van der Waals surface area contributed by atoms with Gasteiger partial charge < -0.3 is 10.0 Å². The summed E-state index contributed by atoms with van der Waals surface area (Å²) in [6, 6.07) is 0. The van der Waals surface area contributed by atoms with Crippen molar-refractivity contribution in [2.75, 3.05) is 19.6 Å². The van der Waals surface area contributed by atoms with E-state index in [4.69, 9.17) is 5.11 Å². The molecule has 1 saturated carbocycles. The quantitative estimate of drug-likeness (QED) is 0.680. The van der Waals surface area contributed by atoms with Crippen molar-refractivity contribution in [2.24, 2.45) is 11.8 Å². The van der Waals surface area contributed by atoms with Gasteiger partial charge in [-0.15, -0.1) is 0 Å². The number of rotatable bonds is 7. The smallest absolute Gasteiger partial charge is 0.307 e. The second kappa shape index (κ2) is 5.35. The van der Waals surface area contributed by atoms with Crippen molar-refractivity contribution in [2.45, 2.75) is 33.1 Å². The lowest BCUT2D eigenvalue weighted by Gasteiger charge is -2.23. The van der Waals surface area contributed by atoms with Gasteiger partial charge in [0.05, 0.1) is 5.92 Å². The number of hydrogen-bond acceptors (Lipinski definition) is 2. The summed E-state index contributed by atoms with van der Waals surface area (Å²) in [6.07, 6.45) is 3.78. The molecule has 82 valence electrons. The van der Waals surface area contributed by atoms with Gasteiger partial charge in [0.1, 0.15) is 0 Å². The summed E-state index contributed by atoms with van der Waals surface area (Å²) in [4.78, 5) is 13.0. The minimum atomic E-state index is -0.679. The molecular weight excluding hydrogens is 178 g/mol. The molecular formula is C11H21NO2. The Morgan fingerprint density at radius 1 is 1.57 bits per heavy atom. The lowest BCUT2D eigenvalue weighted by Crippen LogP contribution is -2.34. The number of carboxylic acid groups (broad SMARTS) is 1. The number of carbonyl (C=O) groups is 1. The molecule has 3 heteroatoms. The molecule has 0 aliphatic heterocycles. The van der Waals surface area contributed by atoms with Crippen LogP contribution in [0.2, 0.25) is 0 Å². The molecule has 0 spiro atoms. The number of carboxylic acids is 1. The Bertz CT molecular complexity index is 190. The average Bonchev–Trinajstić information content (AvgIpc) is 2.88. The first-order valence-corrected chi connectivity index (χ1v) is 5.58. The molecule has 1 fully saturated rings. The van der Waals surface area contributed by atoms with Crippen LogP contribution in [-0.4, -0.2) is 35.6 Å². The Kier molecular flexibility index (Phi) is 4.39. The third-order valence-electron chi connectivity index (χ3n) is 2.71. The molecule has 0 saturated heterocycles. The molecule has 0 aromatic carbocycles. The minimum absolute atomic E-state index is 0.236. The maximum atomic E-state index is 10.7. The SMILES string of the molecule is CCCN(CC1CC1)CC(C)C(=O)O. The molecule has 0 aromatic rings. The van der Waals surface area contributed by atoms with E-state index in [1.807, 2.05) is 0 Å². The first-order valence-electron chi connectivity index (χ1n) is 5.58. The van der Waals surface area contributed by atoms with E-state index < -0.39 is 5.97 Å². The van der Waals surface area contributed by atoms with Gasteiger partial charge in [-0.3, -0.25) is 4.79 Å². The van der Waals surface area contributed by atoms with Crippen LogP contribution in [0.4, 0.5) is 0 Å². The summed E-state index contributed by atoms with van der Waals surface area (Å²) in [7, 11) is 0. The molecule has 1 N–H and O–H groups in total. The van der Waals surface area contributed by atoms with Crippen LogP contribution in [0.15, 0.2) is 0 Å². The Hall–Kier alpha value is -0.570. The maximum Gasteiger partial charge on any atom is 0.307 e. The third-order valence-corrected chi connectivity index (χ3v) is 2.71. The summed E-state index contributed by atoms with van der Waals surface area (Å²) in [5, 5.41) is 8.82. The topological polar surface area (TPSA) is 40.5 Å². The normalized spacial score (nSPS) is 18.5. The lowest BCUT2D eigenvalue weighted by atomic mass is 10.1. The second-order valence-electron chi connectivity index (χ2n) is 4.44. The monoisotopic (exact) mass is 199 g/mol. The van der Waals surface area contributed by atoms with Crippen molar-refractivity contribution in [3.8, 4) is 0 Å². The molecule has 1 rings (SSSR count). The van der Waals surface area contributed by atoms with Crippen LogP contribution < -0.4 is 0 Å². The van der Waals surface area contributed by atoms with Gasteiger partial charge in [0.2, 0.25) is 0 Å². The van der Waals surface area contributed by atoms with Crippen LogP contribution in [0.5, 0.6) is 0 Å². The van der Waals surface area contributed by atoms with E-state index in [0.717, 1.165) is 25.4 Å². The number of nitrogens with zero attached hydrogens (tertiary/aromatic N) is 1. The lowest BCUT2D eigenvalue weighted by molar-refractivity contribution is -0.141. The second-order valence-corrected chi connectivity index (χ2v) is 4.44. The molecule has 1 atom stereocenters. The molecule has 0 radical (unpaired) electrons. The molecule has 1 aliphatic rings. The summed E-state index contributed by atoms with van der Waals surface area (Å²) >= 11 is 0. The molecule has 0 bridgehead atoms. The van der Waals surface area contributed by atoms with Crippen LogP contribution >= 0.6 is 0 Å². The highest BCUT2D eigenvalue weighted by Gasteiger charge is 2.25. The van der Waals surface area contributed by atoms with Crippen molar-refractivity contribution in [1.29, 1.82) is 0 Å². The van der Waals surface area contributed by atoms with E-state index in [1.54, 1.807) is 6.92 Å². The van der Waals surface area contributed by atoms with E-state index in [0.29, 0.717) is 6.54 Å². The van der Waals surface area contributed by atoms with Gasteiger partial charge in [0, 0.05) is 13.1 Å². The molecule has 14 heavy (non-hydrogen) atoms. The first-order chi connectivity index (χ1) is 6.63. The van der Waals surface area contributed by atoms with Crippen molar-refractivity contribution >= 4 is 5.97 Å². The fraction of sp³-hybridized carbons (Fsp3) is 0.909. The number of aliphatic carboxylic acids is 1. The van der Waals surface area contributed by atoms with E-state index in [9.17, 15) is 4.79 Å². The van der Waals surface area contributed by atoms with Crippen LogP contribution in [-0.2, 0) is 4.79 Å². The van der Waals surface area contributed by atoms with Crippen molar-refractivity contribution in [3.05, 3.63) is 0 Å². The predicted molar refractivity (Wildman–Crippen MR) is 56.3 cm³/mol. The van der Waals surface area contributed by atoms with Crippen molar-refractivity contribution in [3.63, 3.8) is 0 Å². The van der Waals surface area contributed by atoms with Gasteiger partial charge in [-0.2, -0.15) is 0 Å². The summed E-state index contributed by atoms with van der Waals surface area (Å²) in [5.74, 6) is -0.0651. The Labute approximate surface area is 86.1 Å². The molecule has 1 unspecified atom stereocenters. The maximum absolute atomic E-state index is 10.7. The fourth-order valence-electron chi connectivity index (χ4n) is 1.70. The number of hydrogen-bond donors (Lipinski definition) is 1. The van der Waals surface area contributed by atoms with Gasteiger partial charge >= 0.3 is 5.97 Å². The molecule has 3 nitrogen and oxygen atoms in total. The van der Waals surface area contributed by atoms with Gasteiger partial charge in [0.15, 0.2) is 0 Å². The van der Waals surface area contributed by atoms with Gasteiger partial charge in [-0.1, -0.05) is 13.8 Å². The molecule has 1 aliphatic carbocycles. The summed E-state index contributed by atoms with van der Waals surface area (Å²) in [5.41, 5.74) is 0. The zero-order valence-electron chi connectivity index (χ0n) is 9.20. The van der Waals surface area contributed by atoms with Crippen molar-refractivity contribution in [1.82, 2.24) is 4.90 Å². The minimum Gasteiger partial charge on any atom is -0.481 e. The fourth-order valence-corrected chi connectivity index (χ4v) is 1.70. The van der Waals surface area contributed by atoms with E-state index in [1.165, 1.54) is 12.8 Å². The average molecular weight is 199 g/mol. The summed E-state index contributed by atoms with van der Waals surface area (Å²) in [6.45, 7) is 6.78. The zero-order valence-corrected chi connectivity index (χ0v) is 9.20. The van der Waals surface area contributed by atoms with E-state index >= 15 is 0 Å². The molecule has 0 heterocycles. The Morgan fingerprint density at radius 2 is 2.21 bits per heavy atom. The largest absolute Gasteiger partial charge is 0.481 e. The highest BCUT2D eigenvalue weighted by atomic mass is 16.4. The van der Waals surface area contributed by atoms with Crippen LogP contribution in [0, 0.1) is 11.8 Å². The summed E-state index contributed by atoms with van der Waals surface area (Å²) < 4.78 is 0. The van der Waals surface area contributed by atoms with Crippen molar-refractivity contribution < 1.29 is 9.90 Å². The molecule has 0 amide bonds. The van der Waals surface area contributed by atoms with Gasteiger partial charge in [0.25, 0.3) is 0 Å². The Balaban J connectivity index is 2.28. The highest BCUT2D eigenvalue weighted by molar-refractivity contribution is 5.69. The van der Waals surface area contributed by atoms with Crippen LogP contribution in [0.25, 0.3) is 0 Å². The van der Waals surface area contributed by atoms with Crippen LogP contribution in [0.1, 0.15) is 33.1 Å². The van der Waals surface area contributed by atoms with E-state index in [-0.39, 0.29) is 5.92 Å².